The van der Waals surface area contributed by atoms with E-state index in [-0.39, 0.29) is 11.1 Å². The molecule has 0 amide bonds. The van der Waals surface area contributed by atoms with Crippen LogP contribution in [-0.4, -0.2) is 5.97 Å². The Balaban J connectivity index is 1.40. The molecule has 0 saturated heterocycles. The first-order valence-corrected chi connectivity index (χ1v) is 10.7. The van der Waals surface area contributed by atoms with Crippen LogP contribution < -0.4 is 4.74 Å². The van der Waals surface area contributed by atoms with E-state index in [1.807, 2.05) is 12.1 Å². The maximum Gasteiger partial charge on any atom is 0.343 e. The van der Waals surface area contributed by atoms with Gasteiger partial charge in [0.05, 0.1) is 5.56 Å². The van der Waals surface area contributed by atoms with Crippen molar-refractivity contribution in [3.05, 3.63) is 77.4 Å². The second-order valence-corrected chi connectivity index (χ2v) is 8.11. The van der Waals surface area contributed by atoms with Crippen molar-refractivity contribution in [1.29, 1.82) is 0 Å². The standard InChI is InChI=1S/C27H24F2O2/c1-2-18-3-5-19(6-4-18)7-8-20-9-11-21(12-10-20)27(30)31-23-14-15-24-22(17-23)13-16-25(28)26(24)29/h9-19H,2-6H2,1H3. The summed E-state index contributed by atoms with van der Waals surface area (Å²) in [6.07, 6.45) is 6.11. The van der Waals surface area contributed by atoms with Crippen molar-refractivity contribution in [3.63, 3.8) is 0 Å². The van der Waals surface area contributed by atoms with Gasteiger partial charge in [-0.25, -0.2) is 13.6 Å². The van der Waals surface area contributed by atoms with Crippen LogP contribution in [0.3, 0.4) is 0 Å². The Morgan fingerprint density at radius 2 is 1.74 bits per heavy atom. The van der Waals surface area contributed by atoms with E-state index in [1.54, 1.807) is 12.1 Å². The zero-order chi connectivity index (χ0) is 21.8. The molecule has 1 fully saturated rings. The van der Waals surface area contributed by atoms with E-state index in [0.29, 0.717) is 16.9 Å². The van der Waals surface area contributed by atoms with E-state index < -0.39 is 17.6 Å². The van der Waals surface area contributed by atoms with Crippen LogP contribution in [0.15, 0.2) is 54.6 Å². The highest BCUT2D eigenvalue weighted by Gasteiger charge is 2.18. The number of ether oxygens (including phenoxy) is 1. The van der Waals surface area contributed by atoms with Crippen LogP contribution in [-0.2, 0) is 0 Å². The fourth-order valence-corrected chi connectivity index (χ4v) is 4.06. The van der Waals surface area contributed by atoms with Gasteiger partial charge in [0, 0.05) is 16.9 Å². The summed E-state index contributed by atoms with van der Waals surface area (Å²) >= 11 is 0. The molecule has 158 valence electrons. The summed E-state index contributed by atoms with van der Waals surface area (Å²) in [4.78, 5) is 12.5. The Bertz CT molecular complexity index is 1150. The van der Waals surface area contributed by atoms with Gasteiger partial charge in [-0.15, -0.1) is 0 Å². The normalized spacial score (nSPS) is 18.3. The predicted molar refractivity (Wildman–Crippen MR) is 118 cm³/mol. The number of carbonyl (C=O) groups excluding carboxylic acids is 1. The van der Waals surface area contributed by atoms with E-state index in [9.17, 15) is 13.6 Å². The van der Waals surface area contributed by atoms with Gasteiger partial charge >= 0.3 is 5.97 Å². The van der Waals surface area contributed by atoms with Crippen LogP contribution in [0.25, 0.3) is 10.8 Å². The minimum atomic E-state index is -0.912. The molecule has 0 spiro atoms. The van der Waals surface area contributed by atoms with Crippen LogP contribution in [0.4, 0.5) is 8.78 Å². The van der Waals surface area contributed by atoms with E-state index in [2.05, 4.69) is 18.8 Å². The van der Waals surface area contributed by atoms with Gasteiger partial charge in [0.25, 0.3) is 0 Å². The Morgan fingerprint density at radius 1 is 1.00 bits per heavy atom. The first-order chi connectivity index (χ1) is 15.0. The average Bonchev–Trinajstić information content (AvgIpc) is 2.81. The summed E-state index contributed by atoms with van der Waals surface area (Å²) in [7, 11) is 0. The number of carbonyl (C=O) groups is 1. The lowest BCUT2D eigenvalue weighted by molar-refractivity contribution is 0.0735. The van der Waals surface area contributed by atoms with Gasteiger partial charge in [-0.1, -0.05) is 31.3 Å². The second-order valence-electron chi connectivity index (χ2n) is 8.11. The lowest BCUT2D eigenvalue weighted by Gasteiger charge is -2.24. The third kappa shape index (κ3) is 4.94. The van der Waals surface area contributed by atoms with Gasteiger partial charge in [-0.2, -0.15) is 0 Å². The molecule has 0 heterocycles. The Hall–Kier alpha value is -3.19. The van der Waals surface area contributed by atoms with Crippen molar-refractivity contribution in [2.45, 2.75) is 39.0 Å². The van der Waals surface area contributed by atoms with Crippen LogP contribution in [0, 0.1) is 35.3 Å². The highest BCUT2D eigenvalue weighted by molar-refractivity contribution is 5.92. The van der Waals surface area contributed by atoms with Crippen molar-refractivity contribution in [3.8, 4) is 17.6 Å². The van der Waals surface area contributed by atoms with Crippen molar-refractivity contribution >= 4 is 16.7 Å². The quantitative estimate of drug-likeness (QED) is 0.263. The molecule has 4 rings (SSSR count). The summed E-state index contributed by atoms with van der Waals surface area (Å²) in [6.45, 7) is 2.25. The second kappa shape index (κ2) is 9.31. The van der Waals surface area contributed by atoms with E-state index >= 15 is 0 Å². The molecule has 0 aliphatic heterocycles. The SMILES string of the molecule is CCC1CCC(C#Cc2ccc(C(=O)Oc3ccc4c(F)c(F)ccc4c3)cc2)CC1. The van der Waals surface area contributed by atoms with Crippen LogP contribution in [0.1, 0.15) is 54.9 Å². The molecule has 4 heteroatoms. The molecular weight excluding hydrogens is 394 g/mol. The maximum absolute atomic E-state index is 13.8. The summed E-state index contributed by atoms with van der Waals surface area (Å²) < 4.78 is 32.6. The number of esters is 1. The minimum Gasteiger partial charge on any atom is -0.423 e. The maximum atomic E-state index is 13.8. The molecule has 1 aliphatic rings. The summed E-state index contributed by atoms with van der Waals surface area (Å²) in [6, 6.07) is 13.9. The Labute approximate surface area is 181 Å². The smallest absolute Gasteiger partial charge is 0.343 e. The molecule has 1 aliphatic carbocycles. The fraction of sp³-hybridized carbons (Fsp3) is 0.296. The zero-order valence-corrected chi connectivity index (χ0v) is 17.5. The molecule has 2 nitrogen and oxygen atoms in total. The van der Waals surface area contributed by atoms with Crippen molar-refractivity contribution < 1.29 is 18.3 Å². The van der Waals surface area contributed by atoms with Crippen molar-refractivity contribution in [2.24, 2.45) is 11.8 Å². The molecule has 0 atom stereocenters. The summed E-state index contributed by atoms with van der Waals surface area (Å²) in [5.41, 5.74) is 1.27. The first kappa shape index (κ1) is 21.1. The fourth-order valence-electron chi connectivity index (χ4n) is 4.06. The number of hydrogen-bond acceptors (Lipinski definition) is 2. The Kier molecular flexibility index (Phi) is 6.32. The molecule has 0 bridgehead atoms. The molecule has 0 aromatic heterocycles. The topological polar surface area (TPSA) is 26.3 Å². The van der Waals surface area contributed by atoms with Crippen molar-refractivity contribution in [1.82, 2.24) is 0 Å². The lowest BCUT2D eigenvalue weighted by Crippen LogP contribution is -2.12. The third-order valence-corrected chi connectivity index (χ3v) is 6.05. The number of rotatable bonds is 3. The average molecular weight is 418 g/mol. The molecule has 0 radical (unpaired) electrons. The highest BCUT2D eigenvalue weighted by Crippen LogP contribution is 2.30. The number of fused-ring (bicyclic) bond motifs is 1. The third-order valence-electron chi connectivity index (χ3n) is 6.05. The number of hydrogen-bond donors (Lipinski definition) is 0. The van der Waals surface area contributed by atoms with Gasteiger partial charge < -0.3 is 4.74 Å². The number of benzene rings is 3. The van der Waals surface area contributed by atoms with Crippen LogP contribution >= 0.6 is 0 Å². The monoisotopic (exact) mass is 418 g/mol. The predicted octanol–water partition coefficient (Wildman–Crippen LogP) is 6.91. The molecule has 31 heavy (non-hydrogen) atoms. The molecule has 3 aromatic carbocycles. The Morgan fingerprint density at radius 3 is 2.45 bits per heavy atom. The van der Waals surface area contributed by atoms with Gasteiger partial charge in [-0.05, 0) is 85.5 Å². The van der Waals surface area contributed by atoms with E-state index in [4.69, 9.17) is 4.74 Å². The summed E-state index contributed by atoms with van der Waals surface area (Å²) in [5.74, 6) is 5.85. The molecule has 0 unspecified atom stereocenters. The van der Waals surface area contributed by atoms with Crippen molar-refractivity contribution in [2.75, 3.05) is 0 Å². The molecule has 0 N–H and O–H groups in total. The molecule has 3 aromatic rings. The van der Waals surface area contributed by atoms with E-state index in [0.717, 1.165) is 30.4 Å². The van der Waals surface area contributed by atoms with E-state index in [1.165, 1.54) is 43.5 Å². The largest absolute Gasteiger partial charge is 0.423 e. The van der Waals surface area contributed by atoms with Crippen LogP contribution in [0.5, 0.6) is 5.75 Å². The van der Waals surface area contributed by atoms with Gasteiger partial charge in [0.2, 0.25) is 0 Å². The molecular formula is C27H24F2O2. The van der Waals surface area contributed by atoms with Crippen LogP contribution in [0.2, 0.25) is 0 Å². The molecule has 1 saturated carbocycles. The minimum absolute atomic E-state index is 0.144. The zero-order valence-electron chi connectivity index (χ0n) is 17.5. The first-order valence-electron chi connectivity index (χ1n) is 10.7. The lowest BCUT2D eigenvalue weighted by atomic mass is 9.81. The summed E-state index contributed by atoms with van der Waals surface area (Å²) in [5, 5.41) is 0.605. The van der Waals surface area contributed by atoms with Gasteiger partial charge in [0.1, 0.15) is 5.75 Å². The van der Waals surface area contributed by atoms with Gasteiger partial charge in [0.15, 0.2) is 11.6 Å². The number of halogens is 2. The van der Waals surface area contributed by atoms with Gasteiger partial charge in [-0.3, -0.25) is 0 Å². The highest BCUT2D eigenvalue weighted by atomic mass is 19.2.